The van der Waals surface area contributed by atoms with Crippen molar-refractivity contribution in [3.63, 3.8) is 0 Å². The molecule has 0 aromatic carbocycles. The molecule has 17 heavy (non-hydrogen) atoms. The fraction of sp³-hybridized carbons (Fsp3) is 0.583. The molecule has 5 heteroatoms. The van der Waals surface area contributed by atoms with E-state index in [2.05, 4.69) is 5.32 Å². The van der Waals surface area contributed by atoms with Gasteiger partial charge in [-0.05, 0) is 36.8 Å². The fourth-order valence-electron chi connectivity index (χ4n) is 2.03. The summed E-state index contributed by atoms with van der Waals surface area (Å²) in [6.45, 7) is 3.16. The highest BCUT2D eigenvalue weighted by Crippen LogP contribution is 2.24. The number of amides is 1. The van der Waals surface area contributed by atoms with Gasteiger partial charge in [0, 0.05) is 13.2 Å². The van der Waals surface area contributed by atoms with Gasteiger partial charge in [0.25, 0.3) is 5.91 Å². The number of hydrogen-bond acceptors (Lipinski definition) is 4. The average molecular weight is 255 g/mol. The summed E-state index contributed by atoms with van der Waals surface area (Å²) in [4.78, 5) is 12.8. The van der Waals surface area contributed by atoms with Crippen molar-refractivity contribution in [3.05, 3.63) is 21.9 Å². The number of hydrogen-bond donors (Lipinski definition) is 2. The topological polar surface area (TPSA) is 58.6 Å². The molecular weight excluding hydrogens is 238 g/mol. The van der Waals surface area contributed by atoms with E-state index in [1.807, 2.05) is 18.4 Å². The maximum atomic E-state index is 12.1. The zero-order chi connectivity index (χ0) is 12.3. The fourth-order valence-corrected chi connectivity index (χ4v) is 2.83. The molecule has 1 aliphatic heterocycles. The lowest BCUT2D eigenvalue weighted by molar-refractivity contribution is 0.0854. The number of nitrogens with one attached hydrogen (secondary N) is 1. The second kappa shape index (κ2) is 5.16. The van der Waals surface area contributed by atoms with E-state index in [0.29, 0.717) is 24.5 Å². The summed E-state index contributed by atoms with van der Waals surface area (Å²) in [6, 6.07) is 1.88. The van der Waals surface area contributed by atoms with Gasteiger partial charge in [-0.3, -0.25) is 4.79 Å². The summed E-state index contributed by atoms with van der Waals surface area (Å²) >= 11 is 1.44. The van der Waals surface area contributed by atoms with Gasteiger partial charge in [0.2, 0.25) is 0 Å². The van der Waals surface area contributed by atoms with Gasteiger partial charge in [0.1, 0.15) is 0 Å². The molecular formula is C12H17NO3S. The Bertz CT molecular complexity index is 396. The van der Waals surface area contributed by atoms with E-state index < -0.39 is 0 Å². The van der Waals surface area contributed by atoms with Crippen molar-refractivity contribution in [1.29, 1.82) is 0 Å². The zero-order valence-electron chi connectivity index (χ0n) is 9.86. The molecule has 1 amide bonds. The van der Waals surface area contributed by atoms with Crippen LogP contribution < -0.4 is 5.32 Å². The van der Waals surface area contributed by atoms with Crippen LogP contribution in [-0.4, -0.2) is 36.4 Å². The number of aliphatic hydroxyl groups is 1. The van der Waals surface area contributed by atoms with Crippen LogP contribution in [0, 0.1) is 6.92 Å². The second-order valence-electron chi connectivity index (χ2n) is 4.50. The van der Waals surface area contributed by atoms with E-state index in [1.54, 1.807) is 0 Å². The summed E-state index contributed by atoms with van der Waals surface area (Å²) in [6.07, 6.45) is 1.31. The quantitative estimate of drug-likeness (QED) is 0.853. The Morgan fingerprint density at radius 2 is 2.53 bits per heavy atom. The van der Waals surface area contributed by atoms with E-state index in [-0.39, 0.29) is 18.1 Å². The first-order valence-corrected chi connectivity index (χ1v) is 6.59. The highest BCUT2D eigenvalue weighted by atomic mass is 32.1. The van der Waals surface area contributed by atoms with Gasteiger partial charge in [-0.1, -0.05) is 0 Å². The minimum Gasteiger partial charge on any atom is -0.396 e. The van der Waals surface area contributed by atoms with Gasteiger partial charge < -0.3 is 15.2 Å². The van der Waals surface area contributed by atoms with E-state index in [1.165, 1.54) is 11.3 Å². The number of aliphatic hydroxyl groups excluding tert-OH is 1. The van der Waals surface area contributed by atoms with Crippen molar-refractivity contribution in [2.75, 3.05) is 19.8 Å². The Morgan fingerprint density at radius 1 is 1.71 bits per heavy atom. The van der Waals surface area contributed by atoms with Gasteiger partial charge in [-0.25, -0.2) is 0 Å². The monoisotopic (exact) mass is 255 g/mol. The van der Waals surface area contributed by atoms with Crippen molar-refractivity contribution >= 4 is 17.2 Å². The molecule has 2 rings (SSSR count). The Labute approximate surface area is 105 Å². The summed E-state index contributed by atoms with van der Waals surface area (Å²) in [7, 11) is 0. The molecule has 1 aliphatic rings. The third-order valence-electron chi connectivity index (χ3n) is 3.03. The SMILES string of the molecule is Cc1csc(C(=O)NC2(CCO)CCOC2)c1. The zero-order valence-corrected chi connectivity index (χ0v) is 10.7. The highest BCUT2D eigenvalue weighted by Gasteiger charge is 2.36. The highest BCUT2D eigenvalue weighted by molar-refractivity contribution is 7.12. The third-order valence-corrected chi connectivity index (χ3v) is 4.07. The van der Waals surface area contributed by atoms with E-state index in [0.717, 1.165) is 12.0 Å². The van der Waals surface area contributed by atoms with Gasteiger partial charge in [-0.2, -0.15) is 0 Å². The van der Waals surface area contributed by atoms with Crippen LogP contribution in [0.4, 0.5) is 0 Å². The maximum Gasteiger partial charge on any atom is 0.261 e. The van der Waals surface area contributed by atoms with Crippen molar-refractivity contribution in [2.45, 2.75) is 25.3 Å². The minimum atomic E-state index is -0.385. The van der Waals surface area contributed by atoms with Crippen LogP contribution in [0.25, 0.3) is 0 Å². The summed E-state index contributed by atoms with van der Waals surface area (Å²) in [5.74, 6) is -0.0675. The first-order valence-electron chi connectivity index (χ1n) is 5.71. The van der Waals surface area contributed by atoms with Gasteiger partial charge in [0.05, 0.1) is 17.0 Å². The lowest BCUT2D eigenvalue weighted by atomic mass is 9.94. The number of aryl methyl sites for hydroxylation is 1. The lowest BCUT2D eigenvalue weighted by Crippen LogP contribution is -2.49. The number of ether oxygens (including phenoxy) is 1. The van der Waals surface area contributed by atoms with Crippen LogP contribution in [0.5, 0.6) is 0 Å². The number of carbonyl (C=O) groups is 1. The Hall–Kier alpha value is -0.910. The van der Waals surface area contributed by atoms with Crippen molar-refractivity contribution in [2.24, 2.45) is 0 Å². The molecule has 4 nitrogen and oxygen atoms in total. The molecule has 1 fully saturated rings. The first kappa shape index (κ1) is 12.5. The molecule has 1 saturated heterocycles. The smallest absolute Gasteiger partial charge is 0.261 e. The summed E-state index contributed by atoms with van der Waals surface area (Å²) in [5.41, 5.74) is 0.711. The Kier molecular flexibility index (Phi) is 3.81. The van der Waals surface area contributed by atoms with Gasteiger partial charge in [0.15, 0.2) is 0 Å². The van der Waals surface area contributed by atoms with Crippen molar-refractivity contribution in [3.8, 4) is 0 Å². The molecule has 1 aromatic heterocycles. The molecule has 1 unspecified atom stereocenters. The summed E-state index contributed by atoms with van der Waals surface area (Å²) in [5, 5.41) is 14.0. The molecule has 2 N–H and O–H groups in total. The third kappa shape index (κ3) is 2.86. The molecule has 0 saturated carbocycles. The van der Waals surface area contributed by atoms with Crippen LogP contribution in [0.3, 0.4) is 0 Å². The number of thiophene rings is 1. The molecule has 1 atom stereocenters. The first-order chi connectivity index (χ1) is 8.15. The molecule has 0 spiro atoms. The van der Waals surface area contributed by atoms with Gasteiger partial charge in [-0.15, -0.1) is 11.3 Å². The largest absolute Gasteiger partial charge is 0.396 e. The molecule has 94 valence electrons. The van der Waals surface area contributed by atoms with Crippen molar-refractivity contribution in [1.82, 2.24) is 5.32 Å². The van der Waals surface area contributed by atoms with E-state index >= 15 is 0 Å². The predicted octanol–water partition coefficient (Wildman–Crippen LogP) is 1.33. The van der Waals surface area contributed by atoms with Crippen LogP contribution in [-0.2, 0) is 4.74 Å². The standard InChI is InChI=1S/C12H17NO3S/c1-9-6-10(17-7-9)11(15)13-12(2-4-14)3-5-16-8-12/h6-7,14H,2-5,8H2,1H3,(H,13,15). The normalized spacial score (nSPS) is 23.9. The van der Waals surface area contributed by atoms with E-state index in [9.17, 15) is 4.79 Å². The lowest BCUT2D eigenvalue weighted by Gasteiger charge is -2.27. The molecule has 0 aliphatic carbocycles. The molecule has 0 radical (unpaired) electrons. The second-order valence-corrected chi connectivity index (χ2v) is 5.41. The Morgan fingerprint density at radius 3 is 3.06 bits per heavy atom. The van der Waals surface area contributed by atoms with Crippen molar-refractivity contribution < 1.29 is 14.6 Å². The molecule has 2 heterocycles. The van der Waals surface area contributed by atoms with Crippen LogP contribution >= 0.6 is 11.3 Å². The minimum absolute atomic E-state index is 0.0626. The van der Waals surface area contributed by atoms with Gasteiger partial charge >= 0.3 is 0 Å². The summed E-state index contributed by atoms with van der Waals surface area (Å²) < 4.78 is 5.33. The maximum absolute atomic E-state index is 12.1. The number of rotatable bonds is 4. The van der Waals surface area contributed by atoms with Crippen LogP contribution in [0.2, 0.25) is 0 Å². The van der Waals surface area contributed by atoms with Crippen LogP contribution in [0.15, 0.2) is 11.4 Å². The molecule has 1 aromatic rings. The molecule has 0 bridgehead atoms. The Balaban J connectivity index is 2.05. The average Bonchev–Trinajstić information content (AvgIpc) is 2.88. The van der Waals surface area contributed by atoms with Crippen LogP contribution in [0.1, 0.15) is 28.1 Å². The van der Waals surface area contributed by atoms with E-state index in [4.69, 9.17) is 9.84 Å². The predicted molar refractivity (Wildman–Crippen MR) is 66.4 cm³/mol. The number of carbonyl (C=O) groups excluding carboxylic acids is 1.